The topological polar surface area (TPSA) is 76.3 Å². The number of hydrogen-bond donors (Lipinski definition) is 2. The zero-order valence-corrected chi connectivity index (χ0v) is 16.7. The SMILES string of the molecule is COc1cccc(Nc2ncc(C3CCN(CC4CCCC4)CC3)c(N)n2)c1. The molecule has 0 spiro atoms. The largest absolute Gasteiger partial charge is 0.497 e. The molecule has 1 aromatic heterocycles. The number of rotatable bonds is 6. The standard InChI is InChI=1S/C22H31N5O/c1-28-19-8-4-7-18(13-19)25-22-24-14-20(21(23)26-22)17-9-11-27(12-10-17)15-16-5-2-3-6-16/h4,7-8,13-14,16-17H,2-3,5-6,9-12,15H2,1H3,(H3,23,24,25,26). The van der Waals surface area contributed by atoms with Gasteiger partial charge in [0.05, 0.1) is 7.11 Å². The van der Waals surface area contributed by atoms with E-state index in [0.29, 0.717) is 17.7 Å². The van der Waals surface area contributed by atoms with Crippen LogP contribution in [0.5, 0.6) is 5.75 Å². The summed E-state index contributed by atoms with van der Waals surface area (Å²) in [6.45, 7) is 3.59. The summed E-state index contributed by atoms with van der Waals surface area (Å²) < 4.78 is 5.26. The van der Waals surface area contributed by atoms with Crippen LogP contribution in [0, 0.1) is 5.92 Å². The zero-order valence-electron chi connectivity index (χ0n) is 16.7. The molecule has 2 aliphatic rings. The van der Waals surface area contributed by atoms with Crippen molar-refractivity contribution in [1.82, 2.24) is 14.9 Å². The molecule has 1 saturated carbocycles. The predicted molar refractivity (Wildman–Crippen MR) is 113 cm³/mol. The average Bonchev–Trinajstić information content (AvgIpc) is 3.22. The first-order valence-corrected chi connectivity index (χ1v) is 10.5. The van der Waals surface area contributed by atoms with Crippen LogP contribution in [0.3, 0.4) is 0 Å². The van der Waals surface area contributed by atoms with Gasteiger partial charge in [0.25, 0.3) is 0 Å². The summed E-state index contributed by atoms with van der Waals surface area (Å²) in [4.78, 5) is 11.7. The van der Waals surface area contributed by atoms with Crippen molar-refractivity contribution in [3.05, 3.63) is 36.0 Å². The second-order valence-electron chi connectivity index (χ2n) is 8.12. The zero-order chi connectivity index (χ0) is 19.3. The molecule has 0 unspecified atom stereocenters. The van der Waals surface area contributed by atoms with Crippen LogP contribution in [0.4, 0.5) is 17.5 Å². The van der Waals surface area contributed by atoms with Crippen molar-refractivity contribution in [2.75, 3.05) is 37.8 Å². The van der Waals surface area contributed by atoms with E-state index in [2.05, 4.69) is 20.2 Å². The minimum Gasteiger partial charge on any atom is -0.497 e. The van der Waals surface area contributed by atoms with Gasteiger partial charge in [0.2, 0.25) is 5.95 Å². The van der Waals surface area contributed by atoms with Crippen LogP contribution in [0.1, 0.15) is 50.0 Å². The Hall–Kier alpha value is -2.34. The van der Waals surface area contributed by atoms with Gasteiger partial charge >= 0.3 is 0 Å². The second kappa shape index (κ2) is 8.78. The molecular formula is C22H31N5O. The quantitative estimate of drug-likeness (QED) is 0.782. The third-order valence-corrected chi connectivity index (χ3v) is 6.19. The Labute approximate surface area is 167 Å². The minimum absolute atomic E-state index is 0.464. The van der Waals surface area contributed by atoms with Crippen molar-refractivity contribution in [2.24, 2.45) is 5.92 Å². The highest BCUT2D eigenvalue weighted by molar-refractivity contribution is 5.57. The van der Waals surface area contributed by atoms with E-state index in [-0.39, 0.29) is 0 Å². The summed E-state index contributed by atoms with van der Waals surface area (Å²) in [6, 6.07) is 7.70. The molecule has 150 valence electrons. The molecule has 2 aromatic rings. The first-order chi connectivity index (χ1) is 13.7. The molecule has 4 rings (SSSR count). The van der Waals surface area contributed by atoms with Crippen molar-refractivity contribution in [3.8, 4) is 5.75 Å². The molecule has 0 atom stereocenters. The Balaban J connectivity index is 1.35. The lowest BCUT2D eigenvalue weighted by Crippen LogP contribution is -2.36. The fourth-order valence-corrected chi connectivity index (χ4v) is 4.59. The van der Waals surface area contributed by atoms with Crippen molar-refractivity contribution < 1.29 is 4.74 Å². The first-order valence-electron chi connectivity index (χ1n) is 10.5. The van der Waals surface area contributed by atoms with Crippen LogP contribution in [-0.4, -0.2) is 41.6 Å². The number of anilines is 3. The fourth-order valence-electron chi connectivity index (χ4n) is 4.59. The molecule has 6 nitrogen and oxygen atoms in total. The number of aromatic nitrogens is 2. The van der Waals surface area contributed by atoms with Crippen LogP contribution in [-0.2, 0) is 0 Å². The number of methoxy groups -OCH3 is 1. The van der Waals surface area contributed by atoms with Crippen molar-refractivity contribution in [1.29, 1.82) is 0 Å². The highest BCUT2D eigenvalue weighted by Gasteiger charge is 2.25. The third kappa shape index (κ3) is 4.55. The molecule has 3 N–H and O–H groups in total. The lowest BCUT2D eigenvalue weighted by atomic mass is 9.90. The van der Waals surface area contributed by atoms with Crippen molar-refractivity contribution in [3.63, 3.8) is 0 Å². The molecular weight excluding hydrogens is 350 g/mol. The first kappa shape index (κ1) is 19.0. The van der Waals surface area contributed by atoms with Gasteiger partial charge in [-0.05, 0) is 62.7 Å². The fraction of sp³-hybridized carbons (Fsp3) is 0.545. The van der Waals surface area contributed by atoms with Gasteiger partial charge in [-0.25, -0.2) is 4.98 Å². The maximum absolute atomic E-state index is 6.30. The number of benzene rings is 1. The van der Waals surface area contributed by atoms with Crippen LogP contribution in [0.2, 0.25) is 0 Å². The van der Waals surface area contributed by atoms with Gasteiger partial charge < -0.3 is 20.7 Å². The van der Waals surface area contributed by atoms with E-state index >= 15 is 0 Å². The van der Waals surface area contributed by atoms with Gasteiger partial charge in [0.15, 0.2) is 0 Å². The Morgan fingerprint density at radius 3 is 2.68 bits per heavy atom. The van der Waals surface area contributed by atoms with Gasteiger partial charge in [0, 0.05) is 30.1 Å². The summed E-state index contributed by atoms with van der Waals surface area (Å²) >= 11 is 0. The Bertz CT molecular complexity index is 782. The summed E-state index contributed by atoms with van der Waals surface area (Å²) in [5.41, 5.74) is 8.27. The van der Waals surface area contributed by atoms with Crippen LogP contribution < -0.4 is 15.8 Å². The normalized spacial score (nSPS) is 19.0. The minimum atomic E-state index is 0.464. The van der Waals surface area contributed by atoms with Crippen LogP contribution in [0.25, 0.3) is 0 Å². The molecule has 0 amide bonds. The molecule has 1 aromatic carbocycles. The number of ether oxygens (including phenoxy) is 1. The highest BCUT2D eigenvalue weighted by Crippen LogP contribution is 2.33. The maximum atomic E-state index is 6.30. The number of hydrogen-bond acceptors (Lipinski definition) is 6. The Morgan fingerprint density at radius 1 is 1.18 bits per heavy atom. The molecule has 2 fully saturated rings. The number of nitrogens with zero attached hydrogens (tertiary/aromatic N) is 3. The Morgan fingerprint density at radius 2 is 1.96 bits per heavy atom. The number of nitrogen functional groups attached to an aromatic ring is 1. The lowest BCUT2D eigenvalue weighted by Gasteiger charge is -2.33. The Kier molecular flexibility index (Phi) is 5.95. The predicted octanol–water partition coefficient (Wildman–Crippen LogP) is 4.18. The molecule has 2 heterocycles. The van der Waals surface area contributed by atoms with Gasteiger partial charge in [-0.1, -0.05) is 18.9 Å². The van der Waals surface area contributed by atoms with Gasteiger partial charge in [0.1, 0.15) is 11.6 Å². The van der Waals surface area contributed by atoms with Crippen molar-refractivity contribution in [2.45, 2.75) is 44.4 Å². The summed E-state index contributed by atoms with van der Waals surface area (Å²) in [7, 11) is 1.65. The molecule has 1 aliphatic heterocycles. The molecule has 6 heteroatoms. The molecule has 0 radical (unpaired) electrons. The van der Waals surface area contributed by atoms with E-state index in [0.717, 1.165) is 48.8 Å². The summed E-state index contributed by atoms with van der Waals surface area (Å²) in [5.74, 6) is 3.29. The highest BCUT2D eigenvalue weighted by atomic mass is 16.5. The third-order valence-electron chi connectivity index (χ3n) is 6.19. The van der Waals surface area contributed by atoms with E-state index in [1.165, 1.54) is 32.2 Å². The van der Waals surface area contributed by atoms with Crippen LogP contribution in [0.15, 0.2) is 30.5 Å². The van der Waals surface area contributed by atoms with E-state index < -0.39 is 0 Å². The van der Waals surface area contributed by atoms with E-state index in [1.807, 2.05) is 30.5 Å². The van der Waals surface area contributed by atoms with E-state index in [4.69, 9.17) is 10.5 Å². The summed E-state index contributed by atoms with van der Waals surface area (Å²) in [6.07, 6.45) is 9.87. The number of piperidine rings is 1. The summed E-state index contributed by atoms with van der Waals surface area (Å²) in [5, 5.41) is 3.21. The second-order valence-corrected chi connectivity index (χ2v) is 8.12. The van der Waals surface area contributed by atoms with Gasteiger partial charge in [-0.15, -0.1) is 0 Å². The monoisotopic (exact) mass is 381 g/mol. The van der Waals surface area contributed by atoms with E-state index in [1.54, 1.807) is 7.11 Å². The number of nitrogens with one attached hydrogen (secondary N) is 1. The smallest absolute Gasteiger partial charge is 0.229 e. The number of likely N-dealkylation sites (tertiary alicyclic amines) is 1. The molecule has 0 bridgehead atoms. The van der Waals surface area contributed by atoms with Crippen molar-refractivity contribution >= 4 is 17.5 Å². The lowest BCUT2D eigenvalue weighted by molar-refractivity contribution is 0.183. The van der Waals surface area contributed by atoms with E-state index in [9.17, 15) is 0 Å². The van der Waals surface area contributed by atoms with Crippen LogP contribution >= 0.6 is 0 Å². The molecule has 28 heavy (non-hydrogen) atoms. The van der Waals surface area contributed by atoms with Gasteiger partial charge in [-0.3, -0.25) is 0 Å². The molecule has 1 aliphatic carbocycles. The number of nitrogens with two attached hydrogens (primary N) is 1. The van der Waals surface area contributed by atoms with Gasteiger partial charge in [-0.2, -0.15) is 4.98 Å². The molecule has 1 saturated heterocycles. The maximum Gasteiger partial charge on any atom is 0.229 e. The average molecular weight is 382 g/mol.